The molecule has 0 radical (unpaired) electrons. The minimum Gasteiger partial charge on any atom is -0.337 e. The number of fused-ring (bicyclic) bond motifs is 1. The van der Waals surface area contributed by atoms with Crippen LogP contribution in [0, 0.1) is 0 Å². The molecule has 0 bridgehead atoms. The predicted molar refractivity (Wildman–Crippen MR) is 99.2 cm³/mol. The molecule has 2 aromatic rings. The van der Waals surface area contributed by atoms with Crippen LogP contribution in [0.15, 0.2) is 24.3 Å². The summed E-state index contributed by atoms with van der Waals surface area (Å²) in [4.78, 5) is 14.7. The van der Waals surface area contributed by atoms with Gasteiger partial charge in [-0.05, 0) is 56.1 Å². The number of carbonyl (C=O) groups excluding carboxylic acids is 1. The molecule has 1 aromatic carbocycles. The fraction of sp³-hybridized carbons (Fsp3) is 0.524. The third-order valence-electron chi connectivity index (χ3n) is 6.00. The number of aromatic amines is 1. The van der Waals surface area contributed by atoms with Gasteiger partial charge in [-0.3, -0.25) is 9.89 Å². The lowest BCUT2D eigenvalue weighted by atomic mass is 9.86. The Morgan fingerprint density at radius 1 is 1.07 bits per heavy atom. The summed E-state index contributed by atoms with van der Waals surface area (Å²) < 4.78 is 39.9. The van der Waals surface area contributed by atoms with Crippen LogP contribution in [0.25, 0.3) is 0 Å². The molecule has 1 amide bonds. The molecular weight excluding hydrogens is 367 g/mol. The van der Waals surface area contributed by atoms with E-state index in [0.29, 0.717) is 37.2 Å². The van der Waals surface area contributed by atoms with Gasteiger partial charge in [-0.1, -0.05) is 24.6 Å². The van der Waals surface area contributed by atoms with Gasteiger partial charge in [0.05, 0.1) is 5.56 Å². The topological polar surface area (TPSA) is 49.0 Å². The van der Waals surface area contributed by atoms with E-state index < -0.39 is 11.7 Å². The lowest BCUT2D eigenvalue weighted by Crippen LogP contribution is -2.38. The smallest absolute Gasteiger partial charge is 0.337 e. The zero-order valence-corrected chi connectivity index (χ0v) is 15.7. The molecule has 1 saturated heterocycles. The van der Waals surface area contributed by atoms with Crippen molar-refractivity contribution in [3.8, 4) is 0 Å². The summed E-state index contributed by atoms with van der Waals surface area (Å²) in [7, 11) is 0. The second-order valence-corrected chi connectivity index (χ2v) is 7.74. The molecule has 7 heteroatoms. The fourth-order valence-corrected chi connectivity index (χ4v) is 4.49. The molecule has 4 nitrogen and oxygen atoms in total. The van der Waals surface area contributed by atoms with E-state index in [1.54, 1.807) is 17.0 Å². The van der Waals surface area contributed by atoms with Gasteiger partial charge in [0.15, 0.2) is 5.69 Å². The zero-order chi connectivity index (χ0) is 19.7. The van der Waals surface area contributed by atoms with Gasteiger partial charge < -0.3 is 4.90 Å². The maximum atomic E-state index is 13.3. The van der Waals surface area contributed by atoms with E-state index in [1.165, 1.54) is 6.07 Å². The quantitative estimate of drug-likeness (QED) is 0.754. The van der Waals surface area contributed by atoms with Gasteiger partial charge >= 0.3 is 6.18 Å². The van der Waals surface area contributed by atoms with Crippen LogP contribution >= 0.6 is 0 Å². The minimum atomic E-state index is -4.35. The van der Waals surface area contributed by atoms with Crippen molar-refractivity contribution < 1.29 is 18.0 Å². The third-order valence-corrected chi connectivity index (χ3v) is 6.00. The second kappa shape index (κ2) is 7.60. The number of amides is 1. The number of aryl methyl sites for hydroxylation is 1. The lowest BCUT2D eigenvalue weighted by molar-refractivity contribution is -0.138. The van der Waals surface area contributed by atoms with E-state index in [-0.39, 0.29) is 11.8 Å². The number of H-pyrrole nitrogens is 1. The van der Waals surface area contributed by atoms with Gasteiger partial charge in [-0.25, -0.2) is 0 Å². The van der Waals surface area contributed by atoms with Gasteiger partial charge in [0.25, 0.3) is 5.91 Å². The van der Waals surface area contributed by atoms with Crippen molar-refractivity contribution in [2.75, 3.05) is 13.1 Å². The molecular formula is C21H24F3N3O. The van der Waals surface area contributed by atoms with Crippen LogP contribution in [0.3, 0.4) is 0 Å². The number of carbonyl (C=O) groups is 1. The van der Waals surface area contributed by atoms with Crippen molar-refractivity contribution in [3.05, 3.63) is 52.3 Å². The number of halogens is 3. The van der Waals surface area contributed by atoms with E-state index in [0.717, 1.165) is 49.4 Å². The molecule has 1 aromatic heterocycles. The highest BCUT2D eigenvalue weighted by Crippen LogP contribution is 2.38. The molecule has 28 heavy (non-hydrogen) atoms. The fourth-order valence-electron chi connectivity index (χ4n) is 4.49. The van der Waals surface area contributed by atoms with Gasteiger partial charge in [0.1, 0.15) is 0 Å². The van der Waals surface area contributed by atoms with Crippen molar-refractivity contribution in [2.45, 2.75) is 57.0 Å². The molecule has 0 spiro atoms. The molecule has 2 heterocycles. The molecule has 0 unspecified atom stereocenters. The molecule has 1 fully saturated rings. The van der Waals surface area contributed by atoms with Crippen molar-refractivity contribution in [1.29, 1.82) is 0 Å². The summed E-state index contributed by atoms with van der Waals surface area (Å²) in [6.07, 6.45) is 1.82. The van der Waals surface area contributed by atoms with Crippen molar-refractivity contribution >= 4 is 5.91 Å². The number of aromatic nitrogens is 2. The Morgan fingerprint density at radius 2 is 1.79 bits per heavy atom. The number of alkyl halides is 3. The Bertz CT molecular complexity index is 851. The van der Waals surface area contributed by atoms with Crippen molar-refractivity contribution in [3.63, 3.8) is 0 Å². The SMILES string of the molecule is O=C(c1n[nH]c2c1CCCCC2)N1CCC(c2ccccc2C(F)(F)F)CC1. The van der Waals surface area contributed by atoms with Crippen molar-refractivity contribution in [1.82, 2.24) is 15.1 Å². The number of rotatable bonds is 2. The maximum absolute atomic E-state index is 13.3. The molecule has 1 aliphatic heterocycles. The number of hydrogen-bond donors (Lipinski definition) is 1. The number of hydrogen-bond acceptors (Lipinski definition) is 2. The monoisotopic (exact) mass is 391 g/mol. The van der Waals surface area contributed by atoms with E-state index >= 15 is 0 Å². The highest BCUT2D eigenvalue weighted by Gasteiger charge is 2.36. The summed E-state index contributed by atoms with van der Waals surface area (Å²) in [6, 6.07) is 5.79. The first-order valence-corrected chi connectivity index (χ1v) is 9.96. The van der Waals surface area contributed by atoms with Crippen molar-refractivity contribution in [2.24, 2.45) is 0 Å². The first-order valence-electron chi connectivity index (χ1n) is 9.96. The third kappa shape index (κ3) is 3.66. The van der Waals surface area contributed by atoms with E-state index in [1.807, 2.05) is 0 Å². The summed E-state index contributed by atoms with van der Waals surface area (Å²) in [5.41, 5.74) is 2.39. The zero-order valence-electron chi connectivity index (χ0n) is 15.7. The Hall–Kier alpha value is -2.31. The standard InChI is InChI=1S/C21H24F3N3O/c22-21(23,24)17-8-5-4-6-15(17)14-10-12-27(13-11-14)20(28)19-16-7-2-1-3-9-18(16)25-26-19/h4-6,8,14H,1-3,7,9-13H2,(H,25,26). The number of likely N-dealkylation sites (tertiary alicyclic amines) is 1. The highest BCUT2D eigenvalue weighted by atomic mass is 19.4. The normalized spacial score (nSPS) is 18.6. The lowest BCUT2D eigenvalue weighted by Gasteiger charge is -2.33. The second-order valence-electron chi connectivity index (χ2n) is 7.74. The first-order chi connectivity index (χ1) is 13.4. The van der Waals surface area contributed by atoms with Gasteiger partial charge in [-0.2, -0.15) is 18.3 Å². The Morgan fingerprint density at radius 3 is 2.54 bits per heavy atom. The molecule has 2 aliphatic rings. The van der Waals surface area contributed by atoms with Gasteiger partial charge in [-0.15, -0.1) is 0 Å². The Labute approximate surface area is 162 Å². The highest BCUT2D eigenvalue weighted by molar-refractivity contribution is 5.94. The van der Waals surface area contributed by atoms with Gasteiger partial charge in [0, 0.05) is 24.3 Å². The molecule has 0 atom stereocenters. The number of nitrogens with one attached hydrogen (secondary N) is 1. The maximum Gasteiger partial charge on any atom is 0.416 e. The molecule has 0 saturated carbocycles. The van der Waals surface area contributed by atoms with Crippen LogP contribution < -0.4 is 0 Å². The van der Waals surface area contributed by atoms with Crippen LogP contribution in [-0.2, 0) is 19.0 Å². The first kappa shape index (κ1) is 19.0. The van der Waals surface area contributed by atoms with E-state index in [2.05, 4.69) is 10.2 Å². The summed E-state index contributed by atoms with van der Waals surface area (Å²) in [5, 5.41) is 7.30. The Balaban J connectivity index is 1.47. The average molecular weight is 391 g/mol. The number of piperidine rings is 1. The van der Waals surface area contributed by atoms with Crippen LogP contribution in [-0.4, -0.2) is 34.1 Å². The summed E-state index contributed by atoms with van der Waals surface area (Å²) in [5.74, 6) is -0.278. The largest absolute Gasteiger partial charge is 0.416 e. The summed E-state index contributed by atoms with van der Waals surface area (Å²) >= 11 is 0. The molecule has 150 valence electrons. The minimum absolute atomic E-state index is 0.0954. The number of nitrogens with zero attached hydrogens (tertiary/aromatic N) is 2. The summed E-state index contributed by atoms with van der Waals surface area (Å²) in [6.45, 7) is 0.911. The molecule has 1 aliphatic carbocycles. The van der Waals surface area contributed by atoms with E-state index in [4.69, 9.17) is 0 Å². The average Bonchev–Trinajstić information content (AvgIpc) is 2.95. The molecule has 1 N–H and O–H groups in total. The molecule has 4 rings (SSSR count). The van der Waals surface area contributed by atoms with Crippen LogP contribution in [0.2, 0.25) is 0 Å². The van der Waals surface area contributed by atoms with Crippen LogP contribution in [0.1, 0.15) is 70.9 Å². The van der Waals surface area contributed by atoms with Crippen LogP contribution in [0.5, 0.6) is 0 Å². The Kier molecular flexibility index (Phi) is 5.17. The number of benzene rings is 1. The predicted octanol–water partition coefficient (Wildman–Crippen LogP) is 4.72. The van der Waals surface area contributed by atoms with Gasteiger partial charge in [0.2, 0.25) is 0 Å². The van der Waals surface area contributed by atoms with E-state index in [9.17, 15) is 18.0 Å². The van der Waals surface area contributed by atoms with Crippen LogP contribution in [0.4, 0.5) is 13.2 Å².